The van der Waals surface area contributed by atoms with Gasteiger partial charge in [-0.3, -0.25) is 4.90 Å². The molecule has 180 valence electrons. The summed E-state index contributed by atoms with van der Waals surface area (Å²) >= 11 is 27.0. The Morgan fingerprint density at radius 3 is 2.31 bits per heavy atom. The Labute approximate surface area is 228 Å². The van der Waals surface area contributed by atoms with Crippen molar-refractivity contribution in [1.29, 1.82) is 0 Å². The zero-order chi connectivity index (χ0) is 24.4. The molecule has 1 atom stereocenters. The Hall–Kier alpha value is -2.06. The zero-order valence-corrected chi connectivity index (χ0v) is 22.3. The van der Waals surface area contributed by atoms with Crippen molar-refractivity contribution in [2.75, 3.05) is 36.4 Å². The highest BCUT2D eigenvalue weighted by Crippen LogP contribution is 2.38. The predicted molar refractivity (Wildman–Crippen MR) is 148 cm³/mol. The molecule has 1 fully saturated rings. The standard InChI is InChI=1S/C25H21Cl4N5S/c26-16-5-3-6-17(15-16)30-25-32-31-24(35-25)23(18-7-1-2-8-19(18)27)34-13-11-33(12-14-34)21-10-4-9-20(28)22(21)29/h1-10,15,23H,11-14H2,(H,30,32). The fourth-order valence-electron chi connectivity index (χ4n) is 4.23. The van der Waals surface area contributed by atoms with Crippen LogP contribution in [0.15, 0.2) is 66.7 Å². The van der Waals surface area contributed by atoms with Crippen LogP contribution in [-0.4, -0.2) is 41.3 Å². The van der Waals surface area contributed by atoms with E-state index in [1.165, 1.54) is 11.3 Å². The third-order valence-electron chi connectivity index (χ3n) is 5.90. The Morgan fingerprint density at radius 2 is 1.54 bits per heavy atom. The minimum absolute atomic E-state index is 0.118. The van der Waals surface area contributed by atoms with Crippen molar-refractivity contribution in [3.8, 4) is 0 Å². The van der Waals surface area contributed by atoms with Gasteiger partial charge in [0.05, 0.1) is 21.8 Å². The Bertz CT molecular complexity index is 1320. The molecule has 35 heavy (non-hydrogen) atoms. The van der Waals surface area contributed by atoms with E-state index in [0.29, 0.717) is 25.2 Å². The first-order valence-corrected chi connectivity index (χ1v) is 13.4. The lowest BCUT2D eigenvalue weighted by molar-refractivity contribution is 0.211. The summed E-state index contributed by atoms with van der Waals surface area (Å²) in [5.74, 6) is 0. The van der Waals surface area contributed by atoms with Crippen LogP contribution in [0.25, 0.3) is 0 Å². The van der Waals surface area contributed by atoms with E-state index >= 15 is 0 Å². The molecule has 1 aliphatic rings. The van der Waals surface area contributed by atoms with E-state index in [1.807, 2.05) is 60.7 Å². The summed E-state index contributed by atoms with van der Waals surface area (Å²) in [6.45, 7) is 3.20. The third-order valence-corrected chi connectivity index (χ3v) is 8.18. The van der Waals surface area contributed by atoms with Crippen molar-refractivity contribution in [3.05, 3.63) is 97.4 Å². The first-order valence-electron chi connectivity index (χ1n) is 11.0. The van der Waals surface area contributed by atoms with Gasteiger partial charge in [-0.1, -0.05) is 88.1 Å². The predicted octanol–water partition coefficient (Wildman–Crippen LogP) is 7.81. The van der Waals surface area contributed by atoms with Gasteiger partial charge in [0, 0.05) is 41.9 Å². The minimum atomic E-state index is -0.118. The summed E-state index contributed by atoms with van der Waals surface area (Å²) in [7, 11) is 0. The Morgan fingerprint density at radius 1 is 0.800 bits per heavy atom. The van der Waals surface area contributed by atoms with Crippen LogP contribution in [0.1, 0.15) is 16.6 Å². The molecule has 0 spiro atoms. The molecular formula is C25H21Cl4N5S. The number of aromatic nitrogens is 2. The molecule has 0 aliphatic carbocycles. The van der Waals surface area contributed by atoms with Gasteiger partial charge >= 0.3 is 0 Å². The van der Waals surface area contributed by atoms with Crippen molar-refractivity contribution in [3.63, 3.8) is 0 Å². The summed E-state index contributed by atoms with van der Waals surface area (Å²) in [6, 6.07) is 21.1. The number of anilines is 3. The van der Waals surface area contributed by atoms with Gasteiger partial charge in [-0.25, -0.2) is 0 Å². The fraction of sp³-hybridized carbons (Fsp3) is 0.200. The van der Waals surface area contributed by atoms with Crippen molar-refractivity contribution < 1.29 is 0 Å². The number of nitrogens with one attached hydrogen (secondary N) is 1. The Balaban J connectivity index is 1.40. The molecule has 1 N–H and O–H groups in total. The molecule has 0 radical (unpaired) electrons. The van der Waals surface area contributed by atoms with Crippen LogP contribution in [0.2, 0.25) is 20.1 Å². The lowest BCUT2D eigenvalue weighted by Crippen LogP contribution is -2.48. The van der Waals surface area contributed by atoms with E-state index in [-0.39, 0.29) is 6.04 Å². The van der Waals surface area contributed by atoms with Gasteiger partial charge in [0.1, 0.15) is 5.01 Å². The van der Waals surface area contributed by atoms with Crippen LogP contribution in [0, 0.1) is 0 Å². The van der Waals surface area contributed by atoms with E-state index in [4.69, 9.17) is 46.4 Å². The summed E-state index contributed by atoms with van der Waals surface area (Å²) in [6.07, 6.45) is 0. The SMILES string of the molecule is Clc1cccc(Nc2nnc(C(c3ccccc3Cl)N3CCN(c4cccc(Cl)c4Cl)CC3)s2)c1. The Kier molecular flexibility index (Phi) is 7.68. The highest BCUT2D eigenvalue weighted by Gasteiger charge is 2.31. The third kappa shape index (κ3) is 5.53. The second-order valence-electron chi connectivity index (χ2n) is 8.10. The molecule has 10 heteroatoms. The highest BCUT2D eigenvalue weighted by molar-refractivity contribution is 7.15. The topological polar surface area (TPSA) is 44.3 Å². The summed E-state index contributed by atoms with van der Waals surface area (Å²) in [4.78, 5) is 4.65. The van der Waals surface area contributed by atoms with Gasteiger partial charge in [-0.2, -0.15) is 0 Å². The average Bonchev–Trinajstić information content (AvgIpc) is 3.30. The number of benzene rings is 3. The van der Waals surface area contributed by atoms with E-state index < -0.39 is 0 Å². The summed E-state index contributed by atoms with van der Waals surface area (Å²) in [5.41, 5.74) is 2.83. The van der Waals surface area contributed by atoms with Gasteiger partial charge in [0.15, 0.2) is 0 Å². The number of hydrogen-bond donors (Lipinski definition) is 1. The number of piperazine rings is 1. The number of halogens is 4. The molecule has 4 aromatic rings. The molecule has 5 rings (SSSR count). The molecule has 0 amide bonds. The maximum atomic E-state index is 6.66. The van der Waals surface area contributed by atoms with Crippen LogP contribution < -0.4 is 10.2 Å². The molecule has 3 aromatic carbocycles. The lowest BCUT2D eigenvalue weighted by Gasteiger charge is -2.40. The maximum Gasteiger partial charge on any atom is 0.210 e. The largest absolute Gasteiger partial charge is 0.368 e. The molecule has 1 saturated heterocycles. The fourth-order valence-corrected chi connectivity index (χ4v) is 5.99. The molecule has 1 unspecified atom stereocenters. The molecule has 0 bridgehead atoms. The molecule has 1 aliphatic heterocycles. The van der Waals surface area contributed by atoms with E-state index in [2.05, 4.69) is 31.4 Å². The lowest BCUT2D eigenvalue weighted by atomic mass is 10.0. The zero-order valence-electron chi connectivity index (χ0n) is 18.5. The number of rotatable bonds is 6. The van der Waals surface area contributed by atoms with Gasteiger partial charge < -0.3 is 10.2 Å². The molecule has 5 nitrogen and oxygen atoms in total. The van der Waals surface area contributed by atoms with Crippen LogP contribution in [0.5, 0.6) is 0 Å². The molecule has 1 aromatic heterocycles. The van der Waals surface area contributed by atoms with Crippen molar-refractivity contribution >= 4 is 74.2 Å². The van der Waals surface area contributed by atoms with Crippen molar-refractivity contribution in [1.82, 2.24) is 15.1 Å². The minimum Gasteiger partial charge on any atom is -0.368 e. The second-order valence-corrected chi connectivity index (χ2v) is 10.7. The molecular weight excluding hydrogens is 544 g/mol. The highest BCUT2D eigenvalue weighted by atomic mass is 35.5. The first kappa shape index (κ1) is 24.6. The maximum absolute atomic E-state index is 6.66. The van der Waals surface area contributed by atoms with E-state index in [0.717, 1.165) is 48.1 Å². The number of hydrogen-bond acceptors (Lipinski definition) is 6. The van der Waals surface area contributed by atoms with Gasteiger partial charge in [0.25, 0.3) is 0 Å². The number of nitrogens with zero attached hydrogens (tertiary/aromatic N) is 4. The normalized spacial score (nSPS) is 15.3. The van der Waals surface area contributed by atoms with Crippen LogP contribution in [0.4, 0.5) is 16.5 Å². The van der Waals surface area contributed by atoms with Crippen LogP contribution >= 0.6 is 57.7 Å². The van der Waals surface area contributed by atoms with Gasteiger partial charge in [-0.05, 0) is 42.0 Å². The first-order chi connectivity index (χ1) is 17.0. The van der Waals surface area contributed by atoms with E-state index in [1.54, 1.807) is 0 Å². The smallest absolute Gasteiger partial charge is 0.210 e. The quantitative estimate of drug-likeness (QED) is 0.259. The molecule has 0 saturated carbocycles. The monoisotopic (exact) mass is 563 g/mol. The molecule has 2 heterocycles. The summed E-state index contributed by atoms with van der Waals surface area (Å²) < 4.78 is 0. The second kappa shape index (κ2) is 10.9. The van der Waals surface area contributed by atoms with Gasteiger partial charge in [0.2, 0.25) is 5.13 Å². The van der Waals surface area contributed by atoms with Crippen LogP contribution in [0.3, 0.4) is 0 Å². The summed E-state index contributed by atoms with van der Waals surface area (Å²) in [5, 5.41) is 16.3. The van der Waals surface area contributed by atoms with Crippen LogP contribution in [-0.2, 0) is 0 Å². The van der Waals surface area contributed by atoms with Crippen molar-refractivity contribution in [2.45, 2.75) is 6.04 Å². The van der Waals surface area contributed by atoms with Gasteiger partial charge in [-0.15, -0.1) is 10.2 Å². The van der Waals surface area contributed by atoms with Crippen molar-refractivity contribution in [2.24, 2.45) is 0 Å². The van der Waals surface area contributed by atoms with E-state index in [9.17, 15) is 0 Å². The average molecular weight is 565 g/mol.